The van der Waals surface area contributed by atoms with E-state index in [1.807, 2.05) is 0 Å². The Labute approximate surface area is 539 Å². The summed E-state index contributed by atoms with van der Waals surface area (Å²) < 4.78 is 0. The molecule has 0 atom stereocenters. The molecule has 0 aromatic rings. The number of hydrogen-bond donors (Lipinski definition) is 0. The maximum atomic E-state index is 1.76. The lowest BCUT2D eigenvalue weighted by atomic mass is 26.1. The Kier molecular flexibility index (Phi) is 93.6. The zero-order chi connectivity index (χ0) is 45.8. The summed E-state index contributed by atoms with van der Waals surface area (Å²) in [4.78, 5) is 0. The fourth-order valence-corrected chi connectivity index (χ4v) is 2610. The molecule has 0 saturated carbocycles. The second kappa shape index (κ2) is 76.9. The highest BCUT2D eigenvalue weighted by molar-refractivity contribution is 7.81. The number of rotatable bonds is 61. The van der Waals surface area contributed by atoms with Crippen molar-refractivity contribution in [1.82, 2.24) is 0 Å². The molecule has 0 radical (unpaired) electrons. The van der Waals surface area contributed by atoms with Crippen molar-refractivity contribution in [1.29, 1.82) is 0 Å². The first kappa shape index (κ1) is 77.9. The summed E-state index contributed by atoms with van der Waals surface area (Å²) >= 11 is 0. The third-order valence-corrected chi connectivity index (χ3v) is 1250. The summed E-state index contributed by atoms with van der Waals surface area (Å²) in [6, 6.07) is 0. The average molecular weight is 1930 g/mol. The van der Waals surface area contributed by atoms with Gasteiger partial charge >= 0.3 is 0 Å². The molecule has 64 heteroatoms. The van der Waals surface area contributed by atoms with E-state index in [1.54, 1.807) is 19.5 Å². The van der Waals surface area contributed by atoms with Gasteiger partial charge in [-0.2, -0.15) is 0 Å². The lowest BCUT2D eigenvalue weighted by molar-refractivity contribution is 3.76. The molecule has 0 bridgehead atoms. The molecule has 0 spiro atoms. The summed E-state index contributed by atoms with van der Waals surface area (Å²) in [5.41, 5.74) is 0. The SMILES string of the molecule is [SiH3][SiH2][SiH2][SiH2][SiH2][SiH2][SiH2][SiH2][SiH2][SiH2][SiH2][SiH2][SiH2][SiH2][SiH2][SiH2][SiH2][SiH2][SiH2][SiH2][SiH2][SiH2][SiH2][SiH2][SiH2][SiH2][SiH2][SiH2][SiH2][SiH2][SiH2][SiH2][SiH2][SiH2][SiH2][SiH2][SiH2][SiH2][SiH2][SiH2][SiH2][SiH2][SiH2][SiH2][SiH2][SiH2][SiH2][SiH2][SiH2][SiH2][SiH2][SiH2][SiH2][SiH2][SiH2][SiH2][SiH2][SiH2][SiH2][SiH2][SiH2][SiH2][SiH2][SiH3]. The third-order valence-electron chi connectivity index (χ3n) is 15.5. The van der Waals surface area contributed by atoms with Crippen LogP contribution < -0.4 is 0 Å². The number of hydrogen-bond acceptors (Lipinski definition) is 0. The van der Waals surface area contributed by atoms with Gasteiger partial charge in [-0.3, -0.25) is 0 Å². The molecule has 0 unspecified atom stereocenters. The first-order valence-corrected chi connectivity index (χ1v) is 287. The van der Waals surface area contributed by atoms with Crippen LogP contribution in [0.15, 0.2) is 0 Å². The summed E-state index contributed by atoms with van der Waals surface area (Å²) in [6.45, 7) is 0. The summed E-state index contributed by atoms with van der Waals surface area (Å²) in [5, 5.41) is 0. The van der Waals surface area contributed by atoms with Crippen molar-refractivity contribution >= 4 is 550 Å². The summed E-state index contributed by atoms with van der Waals surface area (Å²) in [6.07, 6.45) is 0. The van der Waals surface area contributed by atoms with Gasteiger partial charge in [-0.25, -0.2) is 0 Å². The van der Waals surface area contributed by atoms with Crippen molar-refractivity contribution in [2.24, 2.45) is 0 Å². The molecule has 64 heavy (non-hydrogen) atoms. The van der Waals surface area contributed by atoms with E-state index in [4.69, 9.17) is 0 Å². The minimum atomic E-state index is 0.819. The van der Waals surface area contributed by atoms with Gasteiger partial charge in [-0.15, -0.1) is 0 Å². The molecule has 386 valence electrons. The van der Waals surface area contributed by atoms with Gasteiger partial charge in [0.05, 0.1) is 0 Å². The van der Waals surface area contributed by atoms with Crippen LogP contribution in [0.3, 0.4) is 0 Å². The van der Waals surface area contributed by atoms with E-state index >= 15 is 0 Å². The fraction of sp³-hybridized carbons (Fsp3) is 0. The van der Waals surface area contributed by atoms with Crippen molar-refractivity contribution in [2.75, 3.05) is 0 Å². The van der Waals surface area contributed by atoms with E-state index in [0.717, 1.165) is 530 Å². The Morgan fingerprint density at radius 2 is 0.125 bits per heavy atom. The summed E-state index contributed by atoms with van der Waals surface area (Å²) in [7, 11) is 61.4. The molecule has 0 fully saturated rings. The van der Waals surface area contributed by atoms with Crippen LogP contribution >= 0.6 is 0 Å². The lowest BCUT2D eigenvalue weighted by Crippen LogP contribution is -2.38. The highest BCUT2D eigenvalue weighted by Crippen LogP contribution is 1.67. The minimum absolute atomic E-state index is 0.819. The van der Waals surface area contributed by atoms with Crippen molar-refractivity contribution in [3.05, 3.63) is 0 Å². The Bertz CT molecular complexity index is 676. The predicted octanol–water partition coefficient (Wildman–Crippen LogP) is -59.2. The van der Waals surface area contributed by atoms with Crippen LogP contribution in [0.4, 0.5) is 0 Å². The topological polar surface area (TPSA) is 0 Å². The zero-order valence-electron chi connectivity index (χ0n) is 45.8. The van der Waals surface area contributed by atoms with Crippen molar-refractivity contribution in [3.8, 4) is 0 Å². The molecule has 0 nitrogen and oxygen atoms in total. The molecule has 0 amide bonds. The molecule has 0 aromatic carbocycles. The smallest absolute Gasteiger partial charge is 0.00934 e. The molecule has 0 saturated heterocycles. The van der Waals surface area contributed by atoms with Gasteiger partial charge < -0.3 is 0 Å². The molecule has 0 N–H and O–H groups in total. The molecule has 0 aromatic heterocycles. The van der Waals surface area contributed by atoms with Crippen molar-refractivity contribution < 1.29 is 0 Å². The van der Waals surface area contributed by atoms with Crippen LogP contribution in [-0.2, 0) is 0 Å². The van der Waals surface area contributed by atoms with Crippen molar-refractivity contribution in [3.63, 3.8) is 0 Å². The van der Waals surface area contributed by atoms with E-state index in [1.165, 1.54) is 0 Å². The zero-order valence-corrected chi connectivity index (χ0v) is 138. The normalized spacial score (nSPS) is 23.4. The highest BCUT2D eigenvalue weighted by Gasteiger charge is 2.04. The standard InChI is InChI=1S/H130Si64/c1-3-5-7-9-11-13-15-17-19-21-23-25-27-29-31-33-35-37-39-41-43-45-47-49-51-53-55-57-59-61-63-64-62-60-58-56-54-52-50-48-46-44-42-40-38-36-34-32-30-28-26-24-22-20-18-16-14-12-10-8-6-4-2/h3-64H2,1-2H3. The molecule has 0 rings (SSSR count). The van der Waals surface area contributed by atoms with Crippen LogP contribution in [0.25, 0.3) is 0 Å². The second-order valence-electron chi connectivity index (χ2n) is 22.2. The monoisotopic (exact) mass is 1920 g/mol. The fourth-order valence-electron chi connectivity index (χ4n) is 10.8. The molecular weight excluding hydrogens is 1800 g/mol. The van der Waals surface area contributed by atoms with Gasteiger partial charge in [-0.1, -0.05) is 0 Å². The van der Waals surface area contributed by atoms with E-state index in [-0.39, 0.29) is 0 Å². The largest absolute Gasteiger partial charge is 0.0120 e. The van der Waals surface area contributed by atoms with Crippen LogP contribution in [0.5, 0.6) is 0 Å². The Balaban J connectivity index is 3.06. The first-order valence-electron chi connectivity index (χ1n) is 31.9. The van der Waals surface area contributed by atoms with Gasteiger partial charge in [0.2, 0.25) is 0 Å². The lowest BCUT2D eigenvalue weighted by Gasteiger charge is -2.01. The maximum Gasteiger partial charge on any atom is -0.00934 e. The average Bonchev–Trinajstić information content (AvgIpc) is 3.31. The van der Waals surface area contributed by atoms with Gasteiger partial charge in [0.1, 0.15) is 0 Å². The van der Waals surface area contributed by atoms with Crippen LogP contribution in [0, 0.1) is 0 Å². The van der Waals surface area contributed by atoms with Crippen LogP contribution in [0.1, 0.15) is 0 Å². The highest BCUT2D eigenvalue weighted by atomic mass is 30.1. The Hall–Kier alpha value is 13.9. The summed E-state index contributed by atoms with van der Waals surface area (Å²) in [5.74, 6) is 0. The first-order chi connectivity index (χ1) is 31.9. The molecule has 0 heterocycles. The van der Waals surface area contributed by atoms with Crippen molar-refractivity contribution in [2.45, 2.75) is 0 Å². The quantitative estimate of drug-likeness (QED) is 0.0421. The van der Waals surface area contributed by atoms with Gasteiger partial charge in [0.25, 0.3) is 0 Å². The minimum Gasteiger partial charge on any atom is -0.0120 e. The van der Waals surface area contributed by atoms with Gasteiger partial charge in [0, 0.05) is 0 Å². The second-order valence-corrected chi connectivity index (χ2v) is 600. The molecule has 0 aliphatic rings. The van der Waals surface area contributed by atoms with Crippen LogP contribution in [0.2, 0.25) is 0 Å². The van der Waals surface area contributed by atoms with E-state index in [0.29, 0.717) is 0 Å². The Morgan fingerprint density at radius 1 is 0.0781 bits per heavy atom. The Morgan fingerprint density at radius 3 is 0.172 bits per heavy atom. The van der Waals surface area contributed by atoms with Gasteiger partial charge in [-0.05, 0) is 550 Å². The van der Waals surface area contributed by atoms with E-state index in [2.05, 4.69) is 0 Å². The third kappa shape index (κ3) is 75.9. The van der Waals surface area contributed by atoms with E-state index in [9.17, 15) is 0 Å². The molecule has 0 aliphatic heterocycles. The van der Waals surface area contributed by atoms with E-state index < -0.39 is 0 Å². The molecule has 0 aliphatic carbocycles. The predicted molar refractivity (Wildman–Crippen MR) is 550 cm³/mol. The van der Waals surface area contributed by atoms with Crippen LogP contribution in [-0.4, -0.2) is 550 Å². The maximum absolute atomic E-state index is 1.76. The van der Waals surface area contributed by atoms with Gasteiger partial charge in [0.15, 0.2) is 0 Å². The molecular formula is H130Si64.